The van der Waals surface area contributed by atoms with Crippen molar-refractivity contribution in [3.63, 3.8) is 0 Å². The molecule has 100 valence electrons. The van der Waals surface area contributed by atoms with E-state index in [0.717, 1.165) is 10.9 Å². The maximum Gasteiger partial charge on any atom is 0.233 e. The zero-order valence-corrected chi connectivity index (χ0v) is 11.5. The van der Waals surface area contributed by atoms with Gasteiger partial charge in [0, 0.05) is 31.6 Å². The molecular weight excluding hydrogens is 260 g/mol. The van der Waals surface area contributed by atoms with Crippen LogP contribution in [0.2, 0.25) is 0 Å². The standard InChI is InChI=1S/C13H16N4OS/c1-10(19-12-4-2-3-6-16-12)13(18)17-7-5-11-14-8-9-15-11/h2-4,6,8-10H,5,7H2,1H3,(H,14,15)(H,17,18). The summed E-state index contributed by atoms with van der Waals surface area (Å²) in [5, 5.41) is 3.59. The van der Waals surface area contributed by atoms with Crippen molar-refractivity contribution in [1.82, 2.24) is 20.3 Å². The predicted molar refractivity (Wildman–Crippen MR) is 74.9 cm³/mol. The number of carbonyl (C=O) groups is 1. The van der Waals surface area contributed by atoms with Crippen LogP contribution < -0.4 is 5.32 Å². The number of thioether (sulfide) groups is 1. The second-order valence-electron chi connectivity index (χ2n) is 4.00. The van der Waals surface area contributed by atoms with Gasteiger partial charge in [0.15, 0.2) is 0 Å². The molecule has 0 aliphatic heterocycles. The van der Waals surface area contributed by atoms with Crippen LogP contribution in [-0.2, 0) is 11.2 Å². The van der Waals surface area contributed by atoms with Crippen molar-refractivity contribution in [3.8, 4) is 0 Å². The Kier molecular flexibility index (Phi) is 4.97. The van der Waals surface area contributed by atoms with Crippen LogP contribution in [0.15, 0.2) is 41.8 Å². The van der Waals surface area contributed by atoms with Crippen molar-refractivity contribution >= 4 is 17.7 Å². The molecule has 2 N–H and O–H groups in total. The summed E-state index contributed by atoms with van der Waals surface area (Å²) in [5.41, 5.74) is 0. The molecule has 1 amide bonds. The van der Waals surface area contributed by atoms with Gasteiger partial charge in [-0.2, -0.15) is 0 Å². The fraction of sp³-hybridized carbons (Fsp3) is 0.308. The zero-order valence-electron chi connectivity index (χ0n) is 10.7. The van der Waals surface area contributed by atoms with Crippen molar-refractivity contribution in [2.24, 2.45) is 0 Å². The average molecular weight is 276 g/mol. The van der Waals surface area contributed by atoms with E-state index in [4.69, 9.17) is 0 Å². The molecule has 0 spiro atoms. The summed E-state index contributed by atoms with van der Waals surface area (Å²) in [6.45, 7) is 2.46. The first-order valence-electron chi connectivity index (χ1n) is 6.09. The summed E-state index contributed by atoms with van der Waals surface area (Å²) in [6.07, 6.45) is 5.91. The van der Waals surface area contributed by atoms with E-state index in [9.17, 15) is 4.79 Å². The number of pyridine rings is 1. The number of nitrogens with one attached hydrogen (secondary N) is 2. The minimum absolute atomic E-state index is 0.0159. The number of H-pyrrole nitrogens is 1. The van der Waals surface area contributed by atoms with Gasteiger partial charge in [-0.3, -0.25) is 4.79 Å². The number of hydrogen-bond acceptors (Lipinski definition) is 4. The molecule has 0 radical (unpaired) electrons. The lowest BCUT2D eigenvalue weighted by atomic mass is 10.4. The first-order chi connectivity index (χ1) is 9.25. The number of aromatic amines is 1. The van der Waals surface area contributed by atoms with Gasteiger partial charge in [0.2, 0.25) is 5.91 Å². The van der Waals surface area contributed by atoms with Crippen molar-refractivity contribution in [2.75, 3.05) is 6.54 Å². The SMILES string of the molecule is CC(Sc1ccccn1)C(=O)NCCc1ncc[nH]1. The molecule has 1 atom stereocenters. The summed E-state index contributed by atoms with van der Waals surface area (Å²) in [7, 11) is 0. The van der Waals surface area contributed by atoms with E-state index < -0.39 is 0 Å². The molecule has 0 bridgehead atoms. The van der Waals surface area contributed by atoms with Crippen LogP contribution >= 0.6 is 11.8 Å². The maximum absolute atomic E-state index is 11.9. The Morgan fingerprint density at radius 3 is 3.00 bits per heavy atom. The van der Waals surface area contributed by atoms with Gasteiger partial charge in [0.25, 0.3) is 0 Å². The summed E-state index contributed by atoms with van der Waals surface area (Å²) in [4.78, 5) is 23.2. The van der Waals surface area contributed by atoms with Crippen LogP contribution in [-0.4, -0.2) is 32.7 Å². The molecule has 0 aliphatic carbocycles. The van der Waals surface area contributed by atoms with Crippen LogP contribution in [0.4, 0.5) is 0 Å². The Morgan fingerprint density at radius 1 is 1.42 bits per heavy atom. The number of amides is 1. The number of carbonyl (C=O) groups excluding carboxylic acids is 1. The molecule has 19 heavy (non-hydrogen) atoms. The lowest BCUT2D eigenvalue weighted by Gasteiger charge is -2.10. The molecule has 0 aromatic carbocycles. The summed E-state index contributed by atoms with van der Waals surface area (Å²) in [5.74, 6) is 0.896. The third-order valence-electron chi connectivity index (χ3n) is 2.52. The van der Waals surface area contributed by atoms with E-state index in [0.29, 0.717) is 13.0 Å². The van der Waals surface area contributed by atoms with E-state index in [2.05, 4.69) is 20.3 Å². The second-order valence-corrected chi connectivity index (χ2v) is 5.37. The van der Waals surface area contributed by atoms with Gasteiger partial charge in [-0.05, 0) is 19.1 Å². The molecule has 0 saturated carbocycles. The maximum atomic E-state index is 11.9. The molecule has 0 fully saturated rings. The lowest BCUT2D eigenvalue weighted by Crippen LogP contribution is -2.32. The molecule has 6 heteroatoms. The van der Waals surface area contributed by atoms with Gasteiger partial charge in [0.1, 0.15) is 5.82 Å². The zero-order chi connectivity index (χ0) is 13.5. The van der Waals surface area contributed by atoms with E-state index in [-0.39, 0.29) is 11.2 Å². The van der Waals surface area contributed by atoms with E-state index in [1.807, 2.05) is 25.1 Å². The molecular formula is C13H16N4OS. The van der Waals surface area contributed by atoms with Gasteiger partial charge >= 0.3 is 0 Å². The van der Waals surface area contributed by atoms with Crippen molar-refractivity contribution < 1.29 is 4.79 Å². The second kappa shape index (κ2) is 6.94. The highest BCUT2D eigenvalue weighted by Crippen LogP contribution is 2.20. The molecule has 0 aliphatic rings. The molecule has 0 saturated heterocycles. The monoisotopic (exact) mass is 276 g/mol. The van der Waals surface area contributed by atoms with Crippen molar-refractivity contribution in [1.29, 1.82) is 0 Å². The Balaban J connectivity index is 1.73. The largest absolute Gasteiger partial charge is 0.355 e. The first kappa shape index (κ1) is 13.6. The van der Waals surface area contributed by atoms with Gasteiger partial charge < -0.3 is 10.3 Å². The minimum atomic E-state index is -0.161. The topological polar surface area (TPSA) is 70.7 Å². The molecule has 2 rings (SSSR count). The highest BCUT2D eigenvalue weighted by Gasteiger charge is 2.14. The van der Waals surface area contributed by atoms with Crippen LogP contribution in [0.5, 0.6) is 0 Å². The minimum Gasteiger partial charge on any atom is -0.355 e. The molecule has 1 unspecified atom stereocenters. The summed E-state index contributed by atoms with van der Waals surface area (Å²) >= 11 is 1.45. The first-order valence-corrected chi connectivity index (χ1v) is 6.97. The van der Waals surface area contributed by atoms with Crippen LogP contribution in [0, 0.1) is 0 Å². The fourth-order valence-corrected chi connectivity index (χ4v) is 2.37. The molecule has 2 heterocycles. The Labute approximate surface area is 116 Å². The Bertz CT molecular complexity index is 501. The van der Waals surface area contributed by atoms with E-state index in [1.165, 1.54) is 11.8 Å². The predicted octanol–water partition coefficient (Wildman–Crippen LogP) is 1.64. The normalized spacial score (nSPS) is 12.1. The smallest absolute Gasteiger partial charge is 0.233 e. The third-order valence-corrected chi connectivity index (χ3v) is 3.57. The fourth-order valence-electron chi connectivity index (χ4n) is 1.53. The van der Waals surface area contributed by atoms with E-state index >= 15 is 0 Å². The Morgan fingerprint density at radius 2 is 2.32 bits per heavy atom. The molecule has 2 aromatic heterocycles. The van der Waals surface area contributed by atoms with Gasteiger partial charge in [0.05, 0.1) is 10.3 Å². The third kappa shape index (κ3) is 4.40. The van der Waals surface area contributed by atoms with Crippen LogP contribution in [0.1, 0.15) is 12.7 Å². The lowest BCUT2D eigenvalue weighted by molar-refractivity contribution is -0.120. The van der Waals surface area contributed by atoms with Crippen molar-refractivity contribution in [3.05, 3.63) is 42.6 Å². The van der Waals surface area contributed by atoms with Crippen LogP contribution in [0.3, 0.4) is 0 Å². The quantitative estimate of drug-likeness (QED) is 0.787. The van der Waals surface area contributed by atoms with Crippen LogP contribution in [0.25, 0.3) is 0 Å². The molecule has 2 aromatic rings. The Hall–Kier alpha value is -1.82. The van der Waals surface area contributed by atoms with Gasteiger partial charge in [-0.25, -0.2) is 9.97 Å². The van der Waals surface area contributed by atoms with Crippen molar-refractivity contribution in [2.45, 2.75) is 23.6 Å². The summed E-state index contributed by atoms with van der Waals surface area (Å²) < 4.78 is 0. The van der Waals surface area contributed by atoms with E-state index in [1.54, 1.807) is 18.6 Å². The number of imidazole rings is 1. The highest BCUT2D eigenvalue weighted by molar-refractivity contribution is 8.00. The summed E-state index contributed by atoms with van der Waals surface area (Å²) in [6, 6.07) is 5.67. The average Bonchev–Trinajstić information content (AvgIpc) is 2.93. The number of hydrogen-bond donors (Lipinski definition) is 2. The molecule has 5 nitrogen and oxygen atoms in total. The number of aromatic nitrogens is 3. The number of nitrogens with zero attached hydrogens (tertiary/aromatic N) is 2. The van der Waals surface area contributed by atoms with Gasteiger partial charge in [-0.15, -0.1) is 0 Å². The van der Waals surface area contributed by atoms with Gasteiger partial charge in [-0.1, -0.05) is 17.8 Å². The number of rotatable bonds is 6. The highest BCUT2D eigenvalue weighted by atomic mass is 32.2.